The number of hydrogen-bond acceptors (Lipinski definition) is 3. The molecule has 5 heteroatoms. The van der Waals surface area contributed by atoms with Crippen LogP contribution in [0.2, 0.25) is 0 Å². The minimum Gasteiger partial charge on any atom is -0.394 e. The van der Waals surface area contributed by atoms with Crippen molar-refractivity contribution in [1.29, 1.82) is 0 Å². The largest absolute Gasteiger partial charge is 0.394 e. The number of amides is 1. The number of rotatable bonds is 3. The molecule has 1 heterocycles. The van der Waals surface area contributed by atoms with Crippen LogP contribution < -0.4 is 5.32 Å². The van der Waals surface area contributed by atoms with E-state index < -0.39 is 0 Å². The molecule has 3 nitrogen and oxygen atoms in total. The Hall–Kier alpha value is -1.46. The third-order valence-corrected chi connectivity index (χ3v) is 3.47. The third-order valence-electron chi connectivity index (χ3n) is 2.35. The molecule has 2 rings (SSSR count). The predicted octanol–water partition coefficient (Wildman–Crippen LogP) is 2.15. The van der Waals surface area contributed by atoms with E-state index in [1.807, 2.05) is 0 Å². The van der Waals surface area contributed by atoms with E-state index in [9.17, 15) is 9.18 Å². The van der Waals surface area contributed by atoms with Crippen LogP contribution in [0.5, 0.6) is 0 Å². The molecule has 0 aliphatic rings. The molecule has 0 saturated carbocycles. The quantitative estimate of drug-likeness (QED) is 0.880. The van der Waals surface area contributed by atoms with Crippen LogP contribution in [0.3, 0.4) is 0 Å². The Kier molecular flexibility index (Phi) is 3.40. The molecule has 0 bridgehead atoms. The third kappa shape index (κ3) is 2.62. The molecule has 1 amide bonds. The second-order valence-corrected chi connectivity index (χ2v) is 4.93. The Morgan fingerprint density at radius 1 is 1.53 bits per heavy atom. The SMILES string of the molecule is C[C@@H](CO)NC(=O)c1cc2cc(F)ccc2s1. The van der Waals surface area contributed by atoms with Crippen molar-refractivity contribution in [3.05, 3.63) is 35.0 Å². The van der Waals surface area contributed by atoms with Gasteiger partial charge in [0.25, 0.3) is 5.91 Å². The van der Waals surface area contributed by atoms with Gasteiger partial charge in [-0.3, -0.25) is 4.79 Å². The van der Waals surface area contributed by atoms with Crippen molar-refractivity contribution < 1.29 is 14.3 Å². The molecule has 0 unspecified atom stereocenters. The summed E-state index contributed by atoms with van der Waals surface area (Å²) >= 11 is 1.31. The molecule has 0 saturated heterocycles. The Morgan fingerprint density at radius 2 is 2.29 bits per heavy atom. The summed E-state index contributed by atoms with van der Waals surface area (Å²) in [5.41, 5.74) is 0. The van der Waals surface area contributed by atoms with Gasteiger partial charge in [-0.05, 0) is 36.6 Å². The van der Waals surface area contributed by atoms with Gasteiger partial charge in [0.15, 0.2) is 0 Å². The predicted molar refractivity (Wildman–Crippen MR) is 65.8 cm³/mol. The van der Waals surface area contributed by atoms with Crippen LogP contribution in [0.4, 0.5) is 4.39 Å². The molecule has 1 aromatic carbocycles. The van der Waals surface area contributed by atoms with Crippen molar-refractivity contribution >= 4 is 27.3 Å². The van der Waals surface area contributed by atoms with Crippen LogP contribution in [-0.2, 0) is 0 Å². The molecule has 17 heavy (non-hydrogen) atoms. The smallest absolute Gasteiger partial charge is 0.261 e. The standard InChI is InChI=1S/C12H12FNO2S/c1-7(6-15)14-12(16)11-5-8-4-9(13)2-3-10(8)17-11/h2-5,7,15H,6H2,1H3,(H,14,16)/t7-/m0/s1. The number of fused-ring (bicyclic) bond motifs is 1. The highest BCUT2D eigenvalue weighted by Crippen LogP contribution is 2.26. The summed E-state index contributed by atoms with van der Waals surface area (Å²) in [5.74, 6) is -0.556. The molecule has 2 aromatic rings. The molecule has 2 N–H and O–H groups in total. The molecule has 1 atom stereocenters. The van der Waals surface area contributed by atoms with Gasteiger partial charge < -0.3 is 10.4 Å². The van der Waals surface area contributed by atoms with E-state index in [1.165, 1.54) is 23.5 Å². The van der Waals surface area contributed by atoms with Crippen molar-refractivity contribution in [2.75, 3.05) is 6.61 Å². The highest BCUT2D eigenvalue weighted by Gasteiger charge is 2.12. The summed E-state index contributed by atoms with van der Waals surface area (Å²) in [6, 6.07) is 5.79. The van der Waals surface area contributed by atoms with Gasteiger partial charge in [0.1, 0.15) is 5.82 Å². The van der Waals surface area contributed by atoms with Gasteiger partial charge in [0.2, 0.25) is 0 Å². The summed E-state index contributed by atoms with van der Waals surface area (Å²) < 4.78 is 13.9. The lowest BCUT2D eigenvalue weighted by Gasteiger charge is -2.08. The van der Waals surface area contributed by atoms with Gasteiger partial charge in [-0.2, -0.15) is 0 Å². The van der Waals surface area contributed by atoms with E-state index in [1.54, 1.807) is 19.1 Å². The first-order chi connectivity index (χ1) is 8.10. The summed E-state index contributed by atoms with van der Waals surface area (Å²) in [4.78, 5) is 12.3. The van der Waals surface area contributed by atoms with Crippen molar-refractivity contribution in [1.82, 2.24) is 5.32 Å². The number of aliphatic hydroxyl groups is 1. The number of hydrogen-bond donors (Lipinski definition) is 2. The van der Waals surface area contributed by atoms with Gasteiger partial charge in [-0.25, -0.2) is 4.39 Å². The normalized spacial score (nSPS) is 12.6. The zero-order chi connectivity index (χ0) is 12.4. The molecular formula is C12H12FNO2S. The fourth-order valence-electron chi connectivity index (χ4n) is 1.47. The second-order valence-electron chi connectivity index (χ2n) is 3.85. The average molecular weight is 253 g/mol. The lowest BCUT2D eigenvalue weighted by molar-refractivity contribution is 0.0926. The molecular weight excluding hydrogens is 241 g/mol. The number of carbonyl (C=O) groups is 1. The maximum atomic E-state index is 13.0. The summed E-state index contributed by atoms with van der Waals surface area (Å²) in [7, 11) is 0. The van der Waals surface area contributed by atoms with Crippen LogP contribution in [0.15, 0.2) is 24.3 Å². The molecule has 0 aliphatic carbocycles. The lowest BCUT2D eigenvalue weighted by Crippen LogP contribution is -2.34. The average Bonchev–Trinajstić information content (AvgIpc) is 2.71. The van der Waals surface area contributed by atoms with E-state index >= 15 is 0 Å². The summed E-state index contributed by atoms with van der Waals surface area (Å²) in [6.07, 6.45) is 0. The fraction of sp³-hybridized carbons (Fsp3) is 0.250. The molecule has 1 aromatic heterocycles. The number of benzene rings is 1. The van der Waals surface area contributed by atoms with Gasteiger partial charge >= 0.3 is 0 Å². The minimum atomic E-state index is -0.314. The Morgan fingerprint density at radius 3 is 3.00 bits per heavy atom. The first-order valence-corrected chi connectivity index (χ1v) is 6.02. The van der Waals surface area contributed by atoms with Crippen LogP contribution in [0, 0.1) is 5.82 Å². The molecule has 0 spiro atoms. The highest BCUT2D eigenvalue weighted by atomic mass is 32.1. The molecule has 0 radical (unpaired) electrons. The monoisotopic (exact) mass is 253 g/mol. The van der Waals surface area contributed by atoms with Gasteiger partial charge in [-0.15, -0.1) is 11.3 Å². The molecule has 90 valence electrons. The number of halogens is 1. The molecule has 0 fully saturated rings. The fourth-order valence-corrected chi connectivity index (χ4v) is 2.41. The number of aliphatic hydroxyl groups excluding tert-OH is 1. The first kappa shape index (κ1) is 12.0. The van der Waals surface area contributed by atoms with Crippen molar-refractivity contribution in [2.45, 2.75) is 13.0 Å². The van der Waals surface area contributed by atoms with Gasteiger partial charge in [0, 0.05) is 10.7 Å². The minimum absolute atomic E-state index is 0.106. The topological polar surface area (TPSA) is 49.3 Å². The van der Waals surface area contributed by atoms with Gasteiger partial charge in [0.05, 0.1) is 11.5 Å². The zero-order valence-electron chi connectivity index (χ0n) is 9.24. The van der Waals surface area contributed by atoms with Crippen molar-refractivity contribution in [2.24, 2.45) is 0 Å². The van der Waals surface area contributed by atoms with E-state index in [-0.39, 0.29) is 24.4 Å². The summed E-state index contributed by atoms with van der Waals surface area (Å²) in [5, 5.41) is 12.2. The number of nitrogens with one attached hydrogen (secondary N) is 1. The number of carbonyl (C=O) groups excluding carboxylic acids is 1. The van der Waals surface area contributed by atoms with E-state index in [0.29, 0.717) is 4.88 Å². The Bertz CT molecular complexity index is 552. The first-order valence-electron chi connectivity index (χ1n) is 5.21. The van der Waals surface area contributed by atoms with Crippen molar-refractivity contribution in [3.8, 4) is 0 Å². The van der Waals surface area contributed by atoms with Crippen LogP contribution in [0.25, 0.3) is 10.1 Å². The van der Waals surface area contributed by atoms with Crippen molar-refractivity contribution in [3.63, 3.8) is 0 Å². The van der Waals surface area contributed by atoms with Crippen LogP contribution in [0.1, 0.15) is 16.6 Å². The highest BCUT2D eigenvalue weighted by molar-refractivity contribution is 7.20. The van der Waals surface area contributed by atoms with E-state index in [0.717, 1.165) is 10.1 Å². The number of thiophene rings is 1. The lowest BCUT2D eigenvalue weighted by atomic mass is 10.2. The maximum Gasteiger partial charge on any atom is 0.261 e. The zero-order valence-corrected chi connectivity index (χ0v) is 10.1. The van der Waals surface area contributed by atoms with Gasteiger partial charge in [-0.1, -0.05) is 0 Å². The maximum absolute atomic E-state index is 13.0. The Balaban J connectivity index is 2.27. The van der Waals surface area contributed by atoms with Crippen LogP contribution >= 0.6 is 11.3 Å². The summed E-state index contributed by atoms with van der Waals surface area (Å²) in [6.45, 7) is 1.61. The van der Waals surface area contributed by atoms with E-state index in [4.69, 9.17) is 5.11 Å². The Labute approximate surface area is 102 Å². The van der Waals surface area contributed by atoms with E-state index in [2.05, 4.69) is 5.32 Å². The molecule has 0 aliphatic heterocycles. The van der Waals surface area contributed by atoms with Crippen LogP contribution in [-0.4, -0.2) is 23.7 Å². The second kappa shape index (κ2) is 4.81.